The summed E-state index contributed by atoms with van der Waals surface area (Å²) in [6, 6.07) is 4.53. The van der Waals surface area contributed by atoms with Crippen LogP contribution in [0, 0.1) is 5.82 Å². The van der Waals surface area contributed by atoms with Crippen LogP contribution in [0.5, 0.6) is 0 Å². The second-order valence-electron chi connectivity index (χ2n) is 4.98. The number of nitrogens with zero attached hydrogens (tertiary/aromatic N) is 1. The molecule has 0 aliphatic carbocycles. The number of hydrogen-bond acceptors (Lipinski definition) is 3. The quantitative estimate of drug-likeness (QED) is 0.801. The second-order valence-corrected chi connectivity index (χ2v) is 4.98. The summed E-state index contributed by atoms with van der Waals surface area (Å²) in [6.07, 6.45) is 0.861. The Bertz CT molecular complexity index is 466. The lowest BCUT2D eigenvalue weighted by Crippen LogP contribution is -2.41. The molecule has 4 nitrogen and oxygen atoms in total. The van der Waals surface area contributed by atoms with Crippen molar-refractivity contribution in [1.82, 2.24) is 4.90 Å². The Morgan fingerprint density at radius 1 is 1.43 bits per heavy atom. The van der Waals surface area contributed by atoms with E-state index in [1.54, 1.807) is 24.1 Å². The fraction of sp³-hybridized carbons (Fsp3) is 0.562. The number of para-hydroxylation sites is 1. The lowest BCUT2D eigenvalue weighted by atomic mass is 10.1. The number of anilines is 1. The Morgan fingerprint density at radius 3 is 2.71 bits per heavy atom. The Kier molecular flexibility index (Phi) is 7.15. The van der Waals surface area contributed by atoms with Gasteiger partial charge in [0, 0.05) is 20.2 Å². The van der Waals surface area contributed by atoms with Crippen LogP contribution in [0.1, 0.15) is 37.6 Å². The number of rotatable bonds is 8. The van der Waals surface area contributed by atoms with Crippen molar-refractivity contribution in [2.24, 2.45) is 0 Å². The maximum absolute atomic E-state index is 14.0. The van der Waals surface area contributed by atoms with Gasteiger partial charge in [-0.1, -0.05) is 13.0 Å². The highest BCUT2D eigenvalue weighted by molar-refractivity contribution is 5.99. The first-order valence-corrected chi connectivity index (χ1v) is 7.39. The number of halogens is 1. The van der Waals surface area contributed by atoms with E-state index in [0.717, 1.165) is 6.42 Å². The first-order valence-electron chi connectivity index (χ1n) is 7.39. The van der Waals surface area contributed by atoms with E-state index < -0.39 is 5.82 Å². The monoisotopic (exact) mass is 296 g/mol. The van der Waals surface area contributed by atoms with Gasteiger partial charge in [0.05, 0.1) is 23.9 Å². The maximum Gasteiger partial charge on any atom is 0.256 e. The van der Waals surface area contributed by atoms with Crippen LogP contribution < -0.4 is 5.32 Å². The average molecular weight is 296 g/mol. The molecule has 1 atom stereocenters. The molecule has 0 bridgehead atoms. The Balaban J connectivity index is 3.07. The number of benzene rings is 1. The minimum absolute atomic E-state index is 0.0604. The first-order chi connectivity index (χ1) is 10.1. The van der Waals surface area contributed by atoms with Crippen LogP contribution in [0.4, 0.5) is 10.1 Å². The molecule has 21 heavy (non-hydrogen) atoms. The topological polar surface area (TPSA) is 41.6 Å². The molecule has 0 heterocycles. The predicted octanol–water partition coefficient (Wildman–Crippen LogP) is 3.14. The van der Waals surface area contributed by atoms with Crippen molar-refractivity contribution in [3.8, 4) is 0 Å². The molecule has 0 aliphatic heterocycles. The summed E-state index contributed by atoms with van der Waals surface area (Å²) in [5.74, 6) is -0.579. The van der Waals surface area contributed by atoms with Crippen LogP contribution in [0.3, 0.4) is 0 Å². The van der Waals surface area contributed by atoms with Gasteiger partial charge in [-0.05, 0) is 32.4 Å². The Labute approximate surface area is 126 Å². The van der Waals surface area contributed by atoms with Gasteiger partial charge in [0.25, 0.3) is 5.91 Å². The van der Waals surface area contributed by atoms with E-state index in [9.17, 15) is 9.18 Å². The minimum atomic E-state index is -0.398. The van der Waals surface area contributed by atoms with Crippen molar-refractivity contribution >= 4 is 11.6 Å². The Hall–Kier alpha value is -1.62. The van der Waals surface area contributed by atoms with E-state index in [2.05, 4.69) is 5.32 Å². The first kappa shape index (κ1) is 17.4. The van der Waals surface area contributed by atoms with Crippen LogP contribution in [0.2, 0.25) is 0 Å². The third-order valence-electron chi connectivity index (χ3n) is 3.34. The molecule has 1 amide bonds. The summed E-state index contributed by atoms with van der Waals surface area (Å²) < 4.78 is 19.1. The van der Waals surface area contributed by atoms with Crippen LogP contribution in [0.15, 0.2) is 18.2 Å². The standard InChI is InChI=1S/C16H25FN2O2/c1-5-10-18-15-13(8-7-9-14(15)17)16(20)19(6-2)12(3)11-21-4/h7-9,12,18H,5-6,10-11H2,1-4H3. The molecule has 0 radical (unpaired) electrons. The lowest BCUT2D eigenvalue weighted by molar-refractivity contribution is 0.0580. The zero-order chi connectivity index (χ0) is 15.8. The molecule has 1 aromatic rings. The fourth-order valence-corrected chi connectivity index (χ4v) is 2.27. The highest BCUT2D eigenvalue weighted by Crippen LogP contribution is 2.22. The van der Waals surface area contributed by atoms with Crippen molar-refractivity contribution < 1.29 is 13.9 Å². The summed E-state index contributed by atoms with van der Waals surface area (Å²) in [5.41, 5.74) is 0.653. The van der Waals surface area contributed by atoms with Crippen molar-refractivity contribution in [3.05, 3.63) is 29.6 Å². The summed E-state index contributed by atoms with van der Waals surface area (Å²) in [7, 11) is 1.60. The van der Waals surface area contributed by atoms with Gasteiger partial charge in [-0.15, -0.1) is 0 Å². The van der Waals surface area contributed by atoms with Crippen LogP contribution in [0.25, 0.3) is 0 Å². The predicted molar refractivity (Wildman–Crippen MR) is 83.2 cm³/mol. The van der Waals surface area contributed by atoms with Gasteiger partial charge in [-0.3, -0.25) is 4.79 Å². The second kappa shape index (κ2) is 8.62. The molecule has 0 saturated carbocycles. The zero-order valence-electron chi connectivity index (χ0n) is 13.3. The summed E-state index contributed by atoms with van der Waals surface area (Å²) >= 11 is 0. The highest BCUT2D eigenvalue weighted by Gasteiger charge is 2.23. The molecular formula is C16H25FN2O2. The Morgan fingerprint density at radius 2 is 2.14 bits per heavy atom. The van der Waals surface area contributed by atoms with E-state index in [4.69, 9.17) is 4.74 Å². The number of nitrogens with one attached hydrogen (secondary N) is 1. The van der Waals surface area contributed by atoms with Crippen molar-refractivity contribution in [2.75, 3.05) is 32.1 Å². The summed E-state index contributed by atoms with van der Waals surface area (Å²) in [6.45, 7) is 7.45. The molecule has 0 aromatic heterocycles. The van der Waals surface area contributed by atoms with Crippen LogP contribution in [-0.4, -0.2) is 43.7 Å². The molecular weight excluding hydrogens is 271 g/mol. The number of hydrogen-bond donors (Lipinski definition) is 1. The van der Waals surface area contributed by atoms with E-state index in [1.165, 1.54) is 6.07 Å². The molecule has 1 rings (SSSR count). The normalized spacial score (nSPS) is 12.0. The number of carbonyl (C=O) groups excluding carboxylic acids is 1. The van der Waals surface area contributed by atoms with Crippen molar-refractivity contribution in [1.29, 1.82) is 0 Å². The number of likely N-dealkylation sites (N-methyl/N-ethyl adjacent to an activating group) is 1. The van der Waals surface area contributed by atoms with E-state index in [0.29, 0.717) is 25.3 Å². The molecule has 118 valence electrons. The van der Waals surface area contributed by atoms with Gasteiger partial charge in [0.1, 0.15) is 5.82 Å². The number of methoxy groups -OCH3 is 1. The lowest BCUT2D eigenvalue weighted by Gasteiger charge is -2.28. The summed E-state index contributed by atoms with van der Waals surface area (Å²) in [4.78, 5) is 14.4. The molecule has 1 aromatic carbocycles. The van der Waals surface area contributed by atoms with E-state index >= 15 is 0 Å². The third kappa shape index (κ3) is 4.43. The third-order valence-corrected chi connectivity index (χ3v) is 3.34. The van der Waals surface area contributed by atoms with Crippen LogP contribution >= 0.6 is 0 Å². The molecule has 5 heteroatoms. The van der Waals surface area contributed by atoms with Gasteiger partial charge >= 0.3 is 0 Å². The molecule has 0 saturated heterocycles. The smallest absolute Gasteiger partial charge is 0.256 e. The van der Waals surface area contributed by atoms with Crippen molar-refractivity contribution in [3.63, 3.8) is 0 Å². The molecule has 1 N–H and O–H groups in total. The van der Waals surface area contributed by atoms with Gasteiger partial charge in [0.2, 0.25) is 0 Å². The SMILES string of the molecule is CCCNc1c(F)cccc1C(=O)N(CC)C(C)COC. The minimum Gasteiger partial charge on any atom is -0.383 e. The van der Waals surface area contributed by atoms with Crippen LogP contribution in [-0.2, 0) is 4.74 Å². The highest BCUT2D eigenvalue weighted by atomic mass is 19.1. The van der Waals surface area contributed by atoms with E-state index in [-0.39, 0.29) is 17.6 Å². The van der Waals surface area contributed by atoms with Crippen molar-refractivity contribution in [2.45, 2.75) is 33.2 Å². The molecule has 0 aliphatic rings. The largest absolute Gasteiger partial charge is 0.383 e. The van der Waals surface area contributed by atoms with Gasteiger partial charge in [0.15, 0.2) is 0 Å². The molecule has 1 unspecified atom stereocenters. The van der Waals surface area contributed by atoms with Gasteiger partial charge in [-0.25, -0.2) is 4.39 Å². The van der Waals surface area contributed by atoms with Gasteiger partial charge in [-0.2, -0.15) is 0 Å². The number of carbonyl (C=O) groups is 1. The number of ether oxygens (including phenoxy) is 1. The molecule has 0 fully saturated rings. The average Bonchev–Trinajstić information content (AvgIpc) is 2.46. The zero-order valence-corrected chi connectivity index (χ0v) is 13.3. The fourth-order valence-electron chi connectivity index (χ4n) is 2.27. The van der Waals surface area contributed by atoms with Gasteiger partial charge < -0.3 is 15.0 Å². The maximum atomic E-state index is 14.0. The molecule has 0 spiro atoms. The number of amides is 1. The van der Waals surface area contributed by atoms with E-state index in [1.807, 2.05) is 20.8 Å². The summed E-state index contributed by atoms with van der Waals surface area (Å²) in [5, 5.41) is 3.01.